The number of nitrogens with one attached hydrogen (secondary N) is 4. The van der Waals surface area contributed by atoms with Crippen LogP contribution in [0.25, 0.3) is 0 Å². The molecule has 176 valence electrons. The molecule has 0 aromatic rings. The molecule has 0 amide bonds. The molecule has 5 nitrogen and oxygen atoms in total. The highest BCUT2D eigenvalue weighted by atomic mass is 16.1. The van der Waals surface area contributed by atoms with Crippen LogP contribution in [0, 0.1) is 0 Å². The summed E-state index contributed by atoms with van der Waals surface area (Å²) in [6, 6.07) is 0.608. The molecule has 0 bridgehead atoms. The van der Waals surface area contributed by atoms with Gasteiger partial charge in [0, 0.05) is 34.2 Å². The molecule has 0 atom stereocenters. The molecule has 0 radical (unpaired) electrons. The summed E-state index contributed by atoms with van der Waals surface area (Å²) in [4.78, 5) is 12.7. The molecule has 2 heterocycles. The van der Waals surface area contributed by atoms with Crippen LogP contribution in [0.1, 0.15) is 114 Å². The first-order chi connectivity index (χ1) is 13.6. The van der Waals surface area contributed by atoms with Crippen molar-refractivity contribution < 1.29 is 4.79 Å². The van der Waals surface area contributed by atoms with E-state index in [1.165, 1.54) is 6.29 Å². The molecule has 0 aromatic heterocycles. The van der Waals surface area contributed by atoms with Gasteiger partial charge in [-0.2, -0.15) is 0 Å². The zero-order valence-electron chi connectivity index (χ0n) is 21.3. The summed E-state index contributed by atoms with van der Waals surface area (Å²) in [6.07, 6.45) is 9.48. The minimum Gasteiger partial charge on any atom is -0.307 e. The number of hydrogen-bond donors (Lipinski definition) is 4. The van der Waals surface area contributed by atoms with E-state index in [0.717, 1.165) is 51.4 Å². The van der Waals surface area contributed by atoms with E-state index < -0.39 is 5.66 Å². The lowest BCUT2D eigenvalue weighted by Gasteiger charge is -2.51. The number of carbonyl (C=O) groups excluding carboxylic acids is 1. The molecule has 0 unspecified atom stereocenters. The predicted octanol–water partition coefficient (Wildman–Crippen LogP) is 4.26. The summed E-state index contributed by atoms with van der Waals surface area (Å²) in [6.45, 7) is 20.4. The summed E-state index contributed by atoms with van der Waals surface area (Å²) in [5, 5.41) is 15.2. The monoisotopic (exact) mass is 422 g/mol. The number of rotatable bonds is 9. The average Bonchev–Trinajstić information content (AvgIpc) is 2.48. The van der Waals surface area contributed by atoms with Gasteiger partial charge in [0.25, 0.3) is 0 Å². The van der Waals surface area contributed by atoms with Crippen molar-refractivity contribution in [3.8, 4) is 0 Å². The van der Waals surface area contributed by atoms with Gasteiger partial charge >= 0.3 is 0 Å². The van der Waals surface area contributed by atoms with E-state index in [9.17, 15) is 4.79 Å². The van der Waals surface area contributed by atoms with E-state index >= 15 is 0 Å². The SMILES string of the molecule is CCCCCC(C=O)(NC1CC(C)(C)NC(C)(C)C1)NC1CC(C)(C)NC(C)(C)C1. The van der Waals surface area contributed by atoms with Gasteiger partial charge < -0.3 is 10.6 Å². The maximum absolute atomic E-state index is 12.7. The number of hydrogen-bond acceptors (Lipinski definition) is 5. The summed E-state index contributed by atoms with van der Waals surface area (Å²) in [5.41, 5.74) is -0.448. The molecule has 2 fully saturated rings. The Balaban J connectivity index is 2.23. The number of aldehydes is 1. The summed E-state index contributed by atoms with van der Waals surface area (Å²) >= 11 is 0. The van der Waals surface area contributed by atoms with Crippen LogP contribution in [0.2, 0.25) is 0 Å². The maximum atomic E-state index is 12.7. The predicted molar refractivity (Wildman–Crippen MR) is 128 cm³/mol. The van der Waals surface area contributed by atoms with Crippen molar-refractivity contribution in [2.75, 3.05) is 0 Å². The fourth-order valence-corrected chi connectivity index (χ4v) is 6.54. The molecule has 5 heteroatoms. The van der Waals surface area contributed by atoms with Gasteiger partial charge in [-0.25, -0.2) is 0 Å². The molecule has 0 aromatic carbocycles. The number of unbranched alkanes of at least 4 members (excludes halogenated alkanes) is 2. The fourth-order valence-electron chi connectivity index (χ4n) is 6.54. The number of carbonyl (C=O) groups is 1. The molecule has 0 saturated carbocycles. The third-order valence-corrected chi connectivity index (χ3v) is 6.68. The normalized spacial score (nSPS) is 26.4. The second kappa shape index (κ2) is 9.17. The van der Waals surface area contributed by atoms with Crippen LogP contribution >= 0.6 is 0 Å². The summed E-state index contributed by atoms with van der Waals surface area (Å²) in [5.74, 6) is 0. The first-order valence-electron chi connectivity index (χ1n) is 12.2. The van der Waals surface area contributed by atoms with Crippen LogP contribution in [0.5, 0.6) is 0 Å². The van der Waals surface area contributed by atoms with Crippen LogP contribution in [0.4, 0.5) is 0 Å². The third kappa shape index (κ3) is 7.58. The van der Waals surface area contributed by atoms with Crippen molar-refractivity contribution in [3.05, 3.63) is 0 Å². The highest BCUT2D eigenvalue weighted by Gasteiger charge is 2.44. The third-order valence-electron chi connectivity index (χ3n) is 6.68. The van der Waals surface area contributed by atoms with Crippen molar-refractivity contribution in [1.29, 1.82) is 0 Å². The van der Waals surface area contributed by atoms with Gasteiger partial charge in [0.15, 0.2) is 6.29 Å². The Morgan fingerprint density at radius 1 is 0.767 bits per heavy atom. The van der Waals surface area contributed by atoms with E-state index in [1.54, 1.807) is 0 Å². The first-order valence-corrected chi connectivity index (χ1v) is 12.2. The molecular weight excluding hydrogens is 372 g/mol. The minimum atomic E-state index is -0.655. The number of piperidine rings is 2. The molecule has 0 spiro atoms. The van der Waals surface area contributed by atoms with Gasteiger partial charge in [0.1, 0.15) is 5.66 Å². The Labute approximate surface area is 186 Å². The van der Waals surface area contributed by atoms with Crippen LogP contribution in [-0.4, -0.2) is 46.2 Å². The second-order valence-corrected chi connectivity index (χ2v) is 12.8. The Morgan fingerprint density at radius 3 is 1.43 bits per heavy atom. The smallest absolute Gasteiger partial charge is 0.154 e. The lowest BCUT2D eigenvalue weighted by Crippen LogP contribution is -2.71. The highest BCUT2D eigenvalue weighted by molar-refractivity contribution is 5.63. The largest absolute Gasteiger partial charge is 0.307 e. The molecule has 30 heavy (non-hydrogen) atoms. The van der Waals surface area contributed by atoms with Crippen molar-refractivity contribution in [1.82, 2.24) is 21.3 Å². The van der Waals surface area contributed by atoms with Gasteiger partial charge in [-0.1, -0.05) is 19.8 Å². The summed E-state index contributed by atoms with van der Waals surface area (Å²) in [7, 11) is 0. The van der Waals surface area contributed by atoms with Crippen LogP contribution < -0.4 is 21.3 Å². The molecule has 2 aliphatic rings. The van der Waals surface area contributed by atoms with E-state index in [4.69, 9.17) is 0 Å². The highest BCUT2D eigenvalue weighted by Crippen LogP contribution is 2.32. The molecule has 2 aliphatic heterocycles. The molecule has 4 N–H and O–H groups in total. The van der Waals surface area contributed by atoms with Crippen molar-refractivity contribution >= 4 is 6.29 Å². The van der Waals surface area contributed by atoms with Crippen LogP contribution in [0.3, 0.4) is 0 Å². The first kappa shape index (κ1) is 25.8. The molecule has 0 aliphatic carbocycles. The van der Waals surface area contributed by atoms with Crippen molar-refractivity contribution in [2.45, 2.75) is 154 Å². The van der Waals surface area contributed by atoms with Gasteiger partial charge in [-0.3, -0.25) is 15.4 Å². The summed E-state index contributed by atoms with van der Waals surface area (Å²) < 4.78 is 0. The Morgan fingerprint density at radius 2 is 1.13 bits per heavy atom. The van der Waals surface area contributed by atoms with Gasteiger partial charge in [0.2, 0.25) is 0 Å². The van der Waals surface area contributed by atoms with Crippen molar-refractivity contribution in [2.24, 2.45) is 0 Å². The van der Waals surface area contributed by atoms with Crippen molar-refractivity contribution in [3.63, 3.8) is 0 Å². The van der Waals surface area contributed by atoms with E-state index in [0.29, 0.717) is 12.1 Å². The van der Waals surface area contributed by atoms with Crippen LogP contribution in [-0.2, 0) is 4.79 Å². The quantitative estimate of drug-likeness (QED) is 0.254. The molecular formula is C25H50N4O. The fraction of sp³-hybridized carbons (Fsp3) is 0.960. The Hall–Kier alpha value is -0.490. The zero-order valence-corrected chi connectivity index (χ0v) is 21.3. The maximum Gasteiger partial charge on any atom is 0.154 e. The average molecular weight is 423 g/mol. The van der Waals surface area contributed by atoms with Crippen LogP contribution in [0.15, 0.2) is 0 Å². The van der Waals surface area contributed by atoms with Gasteiger partial charge in [-0.15, -0.1) is 0 Å². The lowest BCUT2D eigenvalue weighted by atomic mass is 9.78. The standard InChI is InChI=1S/C25H50N4O/c1-10-11-12-13-25(18-30,26-19-14-21(2,3)28-22(4,5)15-19)27-20-16-23(6,7)29-24(8,9)17-20/h18-20,26-29H,10-17H2,1-9H3. The zero-order chi connectivity index (χ0) is 22.8. The van der Waals surface area contributed by atoms with E-state index in [-0.39, 0.29) is 22.2 Å². The lowest BCUT2D eigenvalue weighted by molar-refractivity contribution is -0.116. The topological polar surface area (TPSA) is 65.2 Å². The van der Waals surface area contributed by atoms with E-state index in [2.05, 4.69) is 83.6 Å². The Bertz CT molecular complexity index is 510. The molecule has 2 saturated heterocycles. The van der Waals surface area contributed by atoms with Gasteiger partial charge in [0.05, 0.1) is 0 Å². The molecule has 2 rings (SSSR count). The second-order valence-electron chi connectivity index (χ2n) is 12.8. The van der Waals surface area contributed by atoms with Gasteiger partial charge in [-0.05, 0) is 93.9 Å². The Kier molecular flexibility index (Phi) is 7.88. The van der Waals surface area contributed by atoms with E-state index in [1.807, 2.05) is 0 Å². The minimum absolute atomic E-state index is 0.0518.